The molecule has 13 heavy (non-hydrogen) atoms. The molecule has 0 aromatic heterocycles. The van der Waals surface area contributed by atoms with Gasteiger partial charge in [0.1, 0.15) is 6.04 Å². The largest absolute Gasteiger partial charge is 0.468 e. The van der Waals surface area contributed by atoms with Crippen LogP contribution in [0.1, 0.15) is 13.8 Å². The number of fused-ring (bicyclic) bond motifs is 1. The molecule has 1 heterocycles. The predicted octanol–water partition coefficient (Wildman–Crippen LogP) is 0.825. The summed E-state index contributed by atoms with van der Waals surface area (Å²) in [5.74, 6) is 1.08. The highest BCUT2D eigenvalue weighted by molar-refractivity contribution is 5.85. The fraction of sp³-hybridized carbons (Fsp3) is 0.889. The molecule has 1 saturated heterocycles. The summed E-state index contributed by atoms with van der Waals surface area (Å²) in [4.78, 5) is 11.3. The monoisotopic (exact) mass is 205 g/mol. The Morgan fingerprint density at radius 2 is 2.15 bits per heavy atom. The quantitative estimate of drug-likeness (QED) is 0.645. The van der Waals surface area contributed by atoms with Crippen molar-refractivity contribution in [1.29, 1.82) is 0 Å². The first-order valence-corrected chi connectivity index (χ1v) is 4.40. The van der Waals surface area contributed by atoms with Crippen molar-refractivity contribution in [3.63, 3.8) is 0 Å². The first-order valence-electron chi connectivity index (χ1n) is 4.40. The fourth-order valence-electron chi connectivity index (χ4n) is 2.58. The highest BCUT2D eigenvalue weighted by Crippen LogP contribution is 2.62. The minimum Gasteiger partial charge on any atom is -0.468 e. The van der Waals surface area contributed by atoms with Crippen molar-refractivity contribution in [3.8, 4) is 0 Å². The third kappa shape index (κ3) is 1.34. The van der Waals surface area contributed by atoms with Crippen LogP contribution >= 0.6 is 12.4 Å². The number of rotatable bonds is 1. The van der Waals surface area contributed by atoms with Crippen molar-refractivity contribution in [2.45, 2.75) is 19.9 Å². The first-order chi connectivity index (χ1) is 5.59. The predicted molar refractivity (Wildman–Crippen MR) is 51.8 cm³/mol. The van der Waals surface area contributed by atoms with E-state index < -0.39 is 0 Å². The van der Waals surface area contributed by atoms with Gasteiger partial charge in [0, 0.05) is 0 Å². The molecule has 2 aliphatic rings. The van der Waals surface area contributed by atoms with Gasteiger partial charge in [0.05, 0.1) is 7.11 Å². The molecule has 0 spiro atoms. The van der Waals surface area contributed by atoms with Gasteiger partial charge in [0.2, 0.25) is 0 Å². The molecule has 4 heteroatoms. The van der Waals surface area contributed by atoms with Crippen LogP contribution in [0.15, 0.2) is 0 Å². The molecule has 1 saturated carbocycles. The van der Waals surface area contributed by atoms with Gasteiger partial charge in [-0.1, -0.05) is 13.8 Å². The zero-order valence-electron chi connectivity index (χ0n) is 8.16. The van der Waals surface area contributed by atoms with Gasteiger partial charge in [-0.15, -0.1) is 12.4 Å². The summed E-state index contributed by atoms with van der Waals surface area (Å²) < 4.78 is 4.72. The Labute approximate surface area is 84.6 Å². The zero-order valence-corrected chi connectivity index (χ0v) is 8.98. The maximum atomic E-state index is 11.3. The van der Waals surface area contributed by atoms with Crippen LogP contribution in [-0.2, 0) is 9.53 Å². The molecular weight excluding hydrogens is 190 g/mol. The van der Waals surface area contributed by atoms with Crippen LogP contribution in [0.5, 0.6) is 0 Å². The topological polar surface area (TPSA) is 38.3 Å². The average Bonchev–Trinajstić information content (AvgIpc) is 2.52. The molecule has 0 radical (unpaired) electrons. The van der Waals surface area contributed by atoms with Crippen molar-refractivity contribution in [3.05, 3.63) is 0 Å². The molecule has 0 aromatic carbocycles. The minimum absolute atomic E-state index is 0. The first kappa shape index (κ1) is 10.8. The highest BCUT2D eigenvalue weighted by atomic mass is 35.5. The number of carbonyl (C=O) groups excluding carboxylic acids is 1. The van der Waals surface area contributed by atoms with E-state index >= 15 is 0 Å². The molecule has 1 aliphatic carbocycles. The second kappa shape index (κ2) is 3.14. The van der Waals surface area contributed by atoms with Crippen LogP contribution in [0.25, 0.3) is 0 Å². The smallest absolute Gasteiger partial charge is 0.323 e. The van der Waals surface area contributed by atoms with E-state index in [1.54, 1.807) is 0 Å². The Bertz CT molecular complexity index is 230. The summed E-state index contributed by atoms with van der Waals surface area (Å²) in [5, 5.41) is 3.19. The van der Waals surface area contributed by atoms with Crippen molar-refractivity contribution < 1.29 is 9.53 Å². The van der Waals surface area contributed by atoms with Gasteiger partial charge >= 0.3 is 5.97 Å². The molecule has 2 fully saturated rings. The van der Waals surface area contributed by atoms with E-state index in [-0.39, 0.29) is 24.4 Å². The van der Waals surface area contributed by atoms with Crippen LogP contribution in [0.4, 0.5) is 0 Å². The number of piperidine rings is 1. The zero-order chi connectivity index (χ0) is 8.93. The normalized spacial score (nSPS) is 38.8. The van der Waals surface area contributed by atoms with Crippen LogP contribution in [0.3, 0.4) is 0 Å². The molecule has 3 atom stereocenters. The summed E-state index contributed by atoms with van der Waals surface area (Å²) in [5.41, 5.74) is 0.351. The number of nitrogens with one attached hydrogen (secondary N) is 1. The Morgan fingerprint density at radius 3 is 2.54 bits per heavy atom. The van der Waals surface area contributed by atoms with Gasteiger partial charge in [0.15, 0.2) is 0 Å². The van der Waals surface area contributed by atoms with E-state index in [2.05, 4.69) is 19.2 Å². The number of esters is 1. The molecule has 1 unspecified atom stereocenters. The second-order valence-electron chi connectivity index (χ2n) is 4.36. The highest BCUT2D eigenvalue weighted by Gasteiger charge is 2.66. The molecule has 0 bridgehead atoms. The average molecular weight is 206 g/mol. The number of halogens is 1. The molecule has 0 amide bonds. The lowest BCUT2D eigenvalue weighted by molar-refractivity contribution is -0.143. The van der Waals surface area contributed by atoms with Crippen LogP contribution in [0.2, 0.25) is 0 Å². The van der Waals surface area contributed by atoms with E-state index in [9.17, 15) is 4.79 Å². The van der Waals surface area contributed by atoms with E-state index in [0.29, 0.717) is 17.3 Å². The van der Waals surface area contributed by atoms with E-state index in [0.717, 1.165) is 6.54 Å². The van der Waals surface area contributed by atoms with Crippen molar-refractivity contribution in [1.82, 2.24) is 5.32 Å². The lowest BCUT2D eigenvalue weighted by atomic mass is 10.0. The standard InChI is InChI=1S/C9H15NO2.ClH/c1-9(2)5-4-10-7(6(5)9)8(11)12-3;/h5-7,10H,4H2,1-3H3;1H/t5-,6-,7?;/m1./s1. The second-order valence-corrected chi connectivity index (χ2v) is 4.36. The fourth-order valence-corrected chi connectivity index (χ4v) is 2.58. The van der Waals surface area contributed by atoms with Crippen LogP contribution in [0, 0.1) is 17.3 Å². The van der Waals surface area contributed by atoms with Crippen molar-refractivity contribution in [2.24, 2.45) is 17.3 Å². The summed E-state index contributed by atoms with van der Waals surface area (Å²) in [6.45, 7) is 5.41. The maximum Gasteiger partial charge on any atom is 0.323 e. The molecular formula is C9H16ClNO2. The Kier molecular flexibility index (Phi) is 2.61. The third-order valence-electron chi connectivity index (χ3n) is 3.51. The summed E-state index contributed by atoms with van der Waals surface area (Å²) in [6, 6.07) is -0.0463. The number of carbonyl (C=O) groups is 1. The number of ether oxygens (including phenoxy) is 1. The van der Waals surface area contributed by atoms with Crippen LogP contribution in [-0.4, -0.2) is 25.7 Å². The van der Waals surface area contributed by atoms with Crippen molar-refractivity contribution >= 4 is 18.4 Å². The number of hydrogen-bond acceptors (Lipinski definition) is 3. The third-order valence-corrected chi connectivity index (χ3v) is 3.51. The summed E-state index contributed by atoms with van der Waals surface area (Å²) in [6.07, 6.45) is 0. The van der Waals surface area contributed by atoms with Gasteiger partial charge in [-0.3, -0.25) is 4.79 Å². The van der Waals surface area contributed by atoms with Gasteiger partial charge < -0.3 is 10.1 Å². The minimum atomic E-state index is -0.104. The number of methoxy groups -OCH3 is 1. The maximum absolute atomic E-state index is 11.3. The van der Waals surface area contributed by atoms with Crippen LogP contribution < -0.4 is 5.32 Å². The Hall–Kier alpha value is -0.280. The summed E-state index contributed by atoms with van der Waals surface area (Å²) in [7, 11) is 1.45. The molecule has 0 aromatic rings. The molecule has 76 valence electrons. The number of hydrogen-bond donors (Lipinski definition) is 1. The van der Waals surface area contributed by atoms with E-state index in [1.165, 1.54) is 7.11 Å². The molecule has 2 rings (SSSR count). The summed E-state index contributed by atoms with van der Waals surface area (Å²) >= 11 is 0. The van der Waals surface area contributed by atoms with Gasteiger partial charge in [0.25, 0.3) is 0 Å². The SMILES string of the molecule is COC(=O)C1NC[C@@H]2[C@H]1C2(C)C.Cl. The Morgan fingerprint density at radius 1 is 1.54 bits per heavy atom. The van der Waals surface area contributed by atoms with Gasteiger partial charge in [-0.2, -0.15) is 0 Å². The van der Waals surface area contributed by atoms with E-state index in [4.69, 9.17) is 4.74 Å². The van der Waals surface area contributed by atoms with Crippen molar-refractivity contribution in [2.75, 3.05) is 13.7 Å². The molecule has 1 aliphatic heterocycles. The van der Waals surface area contributed by atoms with Gasteiger partial charge in [-0.05, 0) is 23.8 Å². The van der Waals surface area contributed by atoms with Gasteiger partial charge in [-0.25, -0.2) is 0 Å². The lowest BCUT2D eigenvalue weighted by Crippen LogP contribution is -2.38. The molecule has 1 N–H and O–H groups in total. The van der Waals surface area contributed by atoms with E-state index in [1.807, 2.05) is 0 Å². The lowest BCUT2D eigenvalue weighted by Gasteiger charge is -2.16. The Balaban J connectivity index is 0.000000845. The molecule has 3 nitrogen and oxygen atoms in total.